The molecule has 14 heavy (non-hydrogen) atoms. The van der Waals surface area contributed by atoms with E-state index in [-0.39, 0.29) is 0 Å². The second kappa shape index (κ2) is 4.80. The molecule has 1 N–H and O–H groups in total. The van der Waals surface area contributed by atoms with Gasteiger partial charge in [-0.05, 0) is 24.1 Å². The molecular formula is C12H15O2. The first-order valence-electron chi connectivity index (χ1n) is 4.81. The third kappa shape index (κ3) is 2.59. The number of rotatable bonds is 4. The van der Waals surface area contributed by atoms with Crippen molar-refractivity contribution in [2.24, 2.45) is 0 Å². The van der Waals surface area contributed by atoms with Crippen molar-refractivity contribution in [2.75, 3.05) is 0 Å². The van der Waals surface area contributed by atoms with Crippen molar-refractivity contribution in [1.29, 1.82) is 0 Å². The van der Waals surface area contributed by atoms with E-state index < -0.39 is 5.97 Å². The van der Waals surface area contributed by atoms with Crippen LogP contribution in [0.25, 0.3) is 0 Å². The van der Waals surface area contributed by atoms with Crippen LogP contribution in [0.2, 0.25) is 0 Å². The highest BCUT2D eigenvalue weighted by Crippen LogP contribution is 2.19. The van der Waals surface area contributed by atoms with Crippen LogP contribution in [-0.4, -0.2) is 11.1 Å². The Hall–Kier alpha value is -1.31. The topological polar surface area (TPSA) is 37.3 Å². The summed E-state index contributed by atoms with van der Waals surface area (Å²) in [6, 6.07) is 7.04. The van der Waals surface area contributed by atoms with Gasteiger partial charge in [0.1, 0.15) is 0 Å². The van der Waals surface area contributed by atoms with Gasteiger partial charge in [0.15, 0.2) is 0 Å². The van der Waals surface area contributed by atoms with E-state index in [1.54, 1.807) is 12.1 Å². The van der Waals surface area contributed by atoms with Crippen LogP contribution in [-0.2, 0) is 0 Å². The quantitative estimate of drug-likeness (QED) is 0.793. The predicted octanol–water partition coefficient (Wildman–Crippen LogP) is 3.13. The highest BCUT2D eigenvalue weighted by molar-refractivity contribution is 5.87. The van der Waals surface area contributed by atoms with E-state index in [2.05, 4.69) is 13.8 Å². The van der Waals surface area contributed by atoms with Crippen molar-refractivity contribution in [3.8, 4) is 0 Å². The minimum Gasteiger partial charge on any atom is -0.478 e. The van der Waals surface area contributed by atoms with Gasteiger partial charge in [0, 0.05) is 5.92 Å². The lowest BCUT2D eigenvalue weighted by molar-refractivity contribution is 0.0697. The summed E-state index contributed by atoms with van der Waals surface area (Å²) in [5.41, 5.74) is 1.48. The zero-order valence-corrected chi connectivity index (χ0v) is 8.58. The minimum absolute atomic E-state index is 0.345. The van der Waals surface area contributed by atoms with Crippen LogP contribution in [0, 0.1) is 5.92 Å². The van der Waals surface area contributed by atoms with Crippen molar-refractivity contribution in [3.05, 3.63) is 41.3 Å². The third-order valence-corrected chi connectivity index (χ3v) is 2.25. The lowest BCUT2D eigenvalue weighted by Gasteiger charge is -2.09. The highest BCUT2D eigenvalue weighted by atomic mass is 16.4. The fourth-order valence-corrected chi connectivity index (χ4v) is 1.42. The predicted molar refractivity (Wildman–Crippen MR) is 56.3 cm³/mol. The number of aromatic carboxylic acids is 1. The van der Waals surface area contributed by atoms with Gasteiger partial charge in [-0.25, -0.2) is 4.79 Å². The molecule has 0 aliphatic heterocycles. The van der Waals surface area contributed by atoms with Crippen molar-refractivity contribution in [1.82, 2.24) is 0 Å². The molecule has 0 atom stereocenters. The summed E-state index contributed by atoms with van der Waals surface area (Å²) in [4.78, 5) is 10.6. The Kier molecular flexibility index (Phi) is 3.69. The molecule has 0 aliphatic rings. The number of carboxylic acid groups (broad SMARTS) is 1. The molecule has 0 heterocycles. The number of hydrogen-bond donors (Lipinski definition) is 1. The van der Waals surface area contributed by atoms with Crippen molar-refractivity contribution < 1.29 is 9.90 Å². The molecule has 0 saturated heterocycles. The maximum absolute atomic E-state index is 10.6. The summed E-state index contributed by atoms with van der Waals surface area (Å²) < 4.78 is 0. The van der Waals surface area contributed by atoms with E-state index in [1.165, 1.54) is 5.92 Å². The zero-order chi connectivity index (χ0) is 10.6. The van der Waals surface area contributed by atoms with Crippen molar-refractivity contribution >= 4 is 5.97 Å². The molecule has 0 bridgehead atoms. The third-order valence-electron chi connectivity index (χ3n) is 2.25. The van der Waals surface area contributed by atoms with E-state index in [4.69, 9.17) is 5.11 Å². The van der Waals surface area contributed by atoms with Crippen molar-refractivity contribution in [3.63, 3.8) is 0 Å². The first-order chi connectivity index (χ1) is 6.65. The van der Waals surface area contributed by atoms with Gasteiger partial charge in [0.2, 0.25) is 0 Å². The molecule has 0 aliphatic carbocycles. The van der Waals surface area contributed by atoms with E-state index >= 15 is 0 Å². The highest BCUT2D eigenvalue weighted by Gasteiger charge is 2.06. The summed E-state index contributed by atoms with van der Waals surface area (Å²) in [5.74, 6) is 0.439. The van der Waals surface area contributed by atoms with E-state index in [0.717, 1.165) is 18.4 Å². The summed E-state index contributed by atoms with van der Waals surface area (Å²) in [7, 11) is 0. The Labute approximate surface area is 84.6 Å². The molecule has 0 spiro atoms. The Morgan fingerprint density at radius 3 is 2.14 bits per heavy atom. The Balaban J connectivity index is 2.77. The summed E-state index contributed by atoms with van der Waals surface area (Å²) in [6.45, 7) is 4.22. The maximum atomic E-state index is 10.6. The summed E-state index contributed by atoms with van der Waals surface area (Å²) >= 11 is 0. The second-order valence-corrected chi connectivity index (χ2v) is 3.41. The maximum Gasteiger partial charge on any atom is 0.335 e. The molecule has 1 aromatic rings. The van der Waals surface area contributed by atoms with Gasteiger partial charge in [-0.3, -0.25) is 0 Å². The molecule has 0 saturated carbocycles. The summed E-state index contributed by atoms with van der Waals surface area (Å²) in [6.07, 6.45) is 2.18. The monoisotopic (exact) mass is 191 g/mol. The molecule has 0 unspecified atom stereocenters. The van der Waals surface area contributed by atoms with Crippen LogP contribution in [0.3, 0.4) is 0 Å². The zero-order valence-electron chi connectivity index (χ0n) is 8.58. The average molecular weight is 191 g/mol. The lowest BCUT2D eigenvalue weighted by atomic mass is 9.96. The van der Waals surface area contributed by atoms with Gasteiger partial charge in [-0.15, -0.1) is 0 Å². The standard InChI is InChI=1S/C12H15O2/c1-3-4-9(2)10-5-7-11(8-6-10)12(13)14/h5-8H,3-4H2,1-2H3,(H,13,14). The minimum atomic E-state index is -0.871. The molecule has 1 radical (unpaired) electrons. The molecule has 2 heteroatoms. The number of benzene rings is 1. The van der Waals surface area contributed by atoms with Gasteiger partial charge in [0.05, 0.1) is 5.56 Å². The van der Waals surface area contributed by atoms with Gasteiger partial charge in [-0.1, -0.05) is 32.4 Å². The smallest absolute Gasteiger partial charge is 0.335 e. The Morgan fingerprint density at radius 1 is 1.21 bits per heavy atom. The van der Waals surface area contributed by atoms with Crippen LogP contribution >= 0.6 is 0 Å². The van der Waals surface area contributed by atoms with Crippen molar-refractivity contribution in [2.45, 2.75) is 26.7 Å². The molecule has 0 aromatic heterocycles. The SMILES string of the molecule is CCC[C](C)c1ccc(C(=O)O)cc1. The molecule has 75 valence electrons. The van der Waals surface area contributed by atoms with Crippen LogP contribution in [0.5, 0.6) is 0 Å². The van der Waals surface area contributed by atoms with Gasteiger partial charge in [-0.2, -0.15) is 0 Å². The van der Waals surface area contributed by atoms with E-state index in [1.807, 2.05) is 12.1 Å². The van der Waals surface area contributed by atoms with E-state index in [9.17, 15) is 4.79 Å². The fourth-order valence-electron chi connectivity index (χ4n) is 1.42. The molecule has 0 amide bonds. The Bertz CT molecular complexity index is 301. The lowest BCUT2D eigenvalue weighted by Crippen LogP contribution is -1.98. The molecular weight excluding hydrogens is 176 g/mol. The normalized spacial score (nSPS) is 10.5. The average Bonchev–Trinajstić information content (AvgIpc) is 2.18. The summed E-state index contributed by atoms with van der Waals surface area (Å²) in [5, 5.41) is 8.71. The molecule has 2 nitrogen and oxygen atoms in total. The largest absolute Gasteiger partial charge is 0.478 e. The van der Waals surface area contributed by atoms with Crippen LogP contribution in [0.4, 0.5) is 0 Å². The molecule has 0 fully saturated rings. The van der Waals surface area contributed by atoms with Crippen LogP contribution in [0.15, 0.2) is 24.3 Å². The second-order valence-electron chi connectivity index (χ2n) is 3.41. The van der Waals surface area contributed by atoms with Gasteiger partial charge in [0.25, 0.3) is 0 Å². The van der Waals surface area contributed by atoms with Gasteiger partial charge >= 0.3 is 5.97 Å². The molecule has 1 aromatic carbocycles. The van der Waals surface area contributed by atoms with Crippen LogP contribution < -0.4 is 0 Å². The fraction of sp³-hybridized carbons (Fsp3) is 0.333. The first kappa shape index (κ1) is 10.8. The van der Waals surface area contributed by atoms with Crippen LogP contribution in [0.1, 0.15) is 42.6 Å². The number of hydrogen-bond acceptors (Lipinski definition) is 1. The molecule has 1 rings (SSSR count). The Morgan fingerprint density at radius 2 is 1.71 bits per heavy atom. The first-order valence-corrected chi connectivity index (χ1v) is 4.81. The number of carboxylic acids is 1. The van der Waals surface area contributed by atoms with E-state index in [0.29, 0.717) is 5.56 Å². The van der Waals surface area contributed by atoms with Gasteiger partial charge < -0.3 is 5.11 Å². The number of carbonyl (C=O) groups is 1.